The molecule has 4 aliphatic carbocycles. The lowest BCUT2D eigenvalue weighted by Crippen LogP contribution is -2.56. The summed E-state index contributed by atoms with van der Waals surface area (Å²) < 4.78 is 5.50. The predicted molar refractivity (Wildman–Crippen MR) is 65.2 cm³/mol. The number of rotatable bonds is 3. The van der Waals surface area contributed by atoms with Crippen LogP contribution in [-0.4, -0.2) is 18.0 Å². The van der Waals surface area contributed by atoms with Gasteiger partial charge in [0.25, 0.3) is 0 Å². The van der Waals surface area contributed by atoms with Crippen molar-refractivity contribution in [3.05, 3.63) is 12.7 Å². The zero-order valence-electron chi connectivity index (χ0n) is 10.4. The summed E-state index contributed by atoms with van der Waals surface area (Å²) >= 11 is 0. The summed E-state index contributed by atoms with van der Waals surface area (Å²) in [5.41, 5.74) is 5.52. The SMILES string of the molecule is C=CC(=O)OC1C2CC3CC1CC(C2)C3C(N)=O. The first-order valence-electron chi connectivity index (χ1n) is 6.72. The van der Waals surface area contributed by atoms with Crippen molar-refractivity contribution >= 4 is 11.9 Å². The van der Waals surface area contributed by atoms with Crippen LogP contribution in [0, 0.1) is 29.6 Å². The van der Waals surface area contributed by atoms with Crippen LogP contribution in [0.4, 0.5) is 0 Å². The van der Waals surface area contributed by atoms with Gasteiger partial charge >= 0.3 is 5.97 Å². The first kappa shape index (κ1) is 11.8. The smallest absolute Gasteiger partial charge is 0.330 e. The van der Waals surface area contributed by atoms with Gasteiger partial charge in [0.2, 0.25) is 5.91 Å². The Balaban J connectivity index is 1.76. The molecule has 0 spiro atoms. The second kappa shape index (κ2) is 4.11. The van der Waals surface area contributed by atoms with Crippen molar-refractivity contribution in [3.63, 3.8) is 0 Å². The van der Waals surface area contributed by atoms with E-state index in [-0.39, 0.29) is 23.9 Å². The number of amides is 1. The van der Waals surface area contributed by atoms with Gasteiger partial charge in [-0.15, -0.1) is 0 Å². The lowest BCUT2D eigenvalue weighted by atomic mass is 9.50. The highest BCUT2D eigenvalue weighted by molar-refractivity contribution is 5.81. The first-order chi connectivity index (χ1) is 8.60. The van der Waals surface area contributed by atoms with Crippen molar-refractivity contribution < 1.29 is 14.3 Å². The van der Waals surface area contributed by atoms with E-state index in [1.165, 1.54) is 6.08 Å². The Kier molecular flexibility index (Phi) is 2.68. The standard InChI is InChI=1S/C14H19NO3/c1-2-11(16)18-13-9-3-7-4-10(13)6-8(5-9)12(7)14(15)17/h2,7-10,12-13H,1,3-6H2,(H2,15,17). The Bertz CT molecular complexity index is 374. The number of carbonyl (C=O) groups excluding carboxylic acids is 2. The van der Waals surface area contributed by atoms with E-state index < -0.39 is 0 Å². The maximum absolute atomic E-state index is 11.5. The van der Waals surface area contributed by atoms with Gasteiger partial charge in [0.1, 0.15) is 6.10 Å². The van der Waals surface area contributed by atoms with Crippen LogP contribution in [0.3, 0.4) is 0 Å². The summed E-state index contributed by atoms with van der Waals surface area (Å²) in [5.74, 6) is 1.29. The highest BCUT2D eigenvalue weighted by atomic mass is 16.5. The van der Waals surface area contributed by atoms with Crippen LogP contribution in [0.5, 0.6) is 0 Å². The largest absolute Gasteiger partial charge is 0.459 e. The molecule has 0 aromatic heterocycles. The molecule has 0 unspecified atom stereocenters. The zero-order chi connectivity index (χ0) is 12.9. The van der Waals surface area contributed by atoms with Gasteiger partial charge in [-0.1, -0.05) is 6.58 Å². The van der Waals surface area contributed by atoms with Gasteiger partial charge in [0, 0.05) is 12.0 Å². The molecule has 0 aliphatic heterocycles. The Morgan fingerprint density at radius 3 is 1.94 bits per heavy atom. The average molecular weight is 249 g/mol. The Morgan fingerprint density at radius 1 is 1.06 bits per heavy atom. The van der Waals surface area contributed by atoms with Gasteiger partial charge in [-0.2, -0.15) is 0 Å². The molecular weight excluding hydrogens is 230 g/mol. The van der Waals surface area contributed by atoms with E-state index in [4.69, 9.17) is 10.5 Å². The maximum Gasteiger partial charge on any atom is 0.330 e. The summed E-state index contributed by atoms with van der Waals surface area (Å²) in [6.07, 6.45) is 5.20. The maximum atomic E-state index is 11.5. The van der Waals surface area contributed by atoms with Crippen molar-refractivity contribution in [1.82, 2.24) is 0 Å². The van der Waals surface area contributed by atoms with Gasteiger partial charge in [0.15, 0.2) is 0 Å². The molecular formula is C14H19NO3. The number of hydrogen-bond donors (Lipinski definition) is 1. The first-order valence-corrected chi connectivity index (χ1v) is 6.72. The van der Waals surface area contributed by atoms with E-state index >= 15 is 0 Å². The molecule has 18 heavy (non-hydrogen) atoms. The molecule has 4 rings (SSSR count). The van der Waals surface area contributed by atoms with Crippen molar-refractivity contribution in [2.45, 2.75) is 31.8 Å². The molecule has 0 atom stereocenters. The average Bonchev–Trinajstić information content (AvgIpc) is 2.31. The number of hydrogen-bond acceptors (Lipinski definition) is 3. The molecule has 0 heterocycles. The lowest BCUT2D eigenvalue weighted by molar-refractivity contribution is -0.175. The third-order valence-electron chi connectivity index (χ3n) is 5.11. The summed E-state index contributed by atoms with van der Waals surface area (Å²) in [4.78, 5) is 22.9. The van der Waals surface area contributed by atoms with Crippen LogP contribution in [0.2, 0.25) is 0 Å². The molecule has 1 amide bonds. The summed E-state index contributed by atoms with van der Waals surface area (Å²) in [6, 6.07) is 0. The van der Waals surface area contributed by atoms with Crippen LogP contribution in [-0.2, 0) is 14.3 Å². The normalized spacial score (nSPS) is 44.7. The highest BCUT2D eigenvalue weighted by Crippen LogP contribution is 2.57. The fourth-order valence-electron chi connectivity index (χ4n) is 4.67. The minimum Gasteiger partial charge on any atom is -0.459 e. The third-order valence-corrected chi connectivity index (χ3v) is 5.11. The minimum atomic E-state index is -0.320. The Labute approximate surface area is 107 Å². The molecule has 0 radical (unpaired) electrons. The van der Waals surface area contributed by atoms with Gasteiger partial charge < -0.3 is 10.5 Å². The second-order valence-corrected chi connectivity index (χ2v) is 6.02. The lowest BCUT2D eigenvalue weighted by Gasteiger charge is -2.56. The van der Waals surface area contributed by atoms with Crippen molar-refractivity contribution in [3.8, 4) is 0 Å². The number of primary amides is 1. The van der Waals surface area contributed by atoms with Crippen LogP contribution in [0.1, 0.15) is 25.7 Å². The Morgan fingerprint density at radius 2 is 1.56 bits per heavy atom. The predicted octanol–water partition coefficient (Wildman–Crippen LogP) is 1.25. The number of ether oxygens (including phenoxy) is 1. The third kappa shape index (κ3) is 1.66. The zero-order valence-corrected chi connectivity index (χ0v) is 10.4. The van der Waals surface area contributed by atoms with E-state index in [9.17, 15) is 9.59 Å². The van der Waals surface area contributed by atoms with Gasteiger partial charge in [0.05, 0.1) is 0 Å². The van der Waals surface area contributed by atoms with Crippen molar-refractivity contribution in [1.29, 1.82) is 0 Å². The van der Waals surface area contributed by atoms with E-state index in [0.29, 0.717) is 23.7 Å². The van der Waals surface area contributed by atoms with Gasteiger partial charge in [-0.3, -0.25) is 4.79 Å². The number of carbonyl (C=O) groups is 2. The van der Waals surface area contributed by atoms with Crippen molar-refractivity contribution in [2.75, 3.05) is 0 Å². The van der Waals surface area contributed by atoms with Crippen LogP contribution >= 0.6 is 0 Å². The quantitative estimate of drug-likeness (QED) is 0.604. The molecule has 98 valence electrons. The highest BCUT2D eigenvalue weighted by Gasteiger charge is 2.55. The van der Waals surface area contributed by atoms with E-state index in [2.05, 4.69) is 6.58 Å². The van der Waals surface area contributed by atoms with E-state index in [1.54, 1.807) is 0 Å². The van der Waals surface area contributed by atoms with Gasteiger partial charge in [-0.25, -0.2) is 4.79 Å². The molecule has 4 saturated carbocycles. The molecule has 4 aliphatic rings. The molecule has 4 bridgehead atoms. The van der Waals surface area contributed by atoms with E-state index in [1.807, 2.05) is 0 Å². The Hall–Kier alpha value is -1.32. The minimum absolute atomic E-state index is 0.0387. The fraction of sp³-hybridized carbons (Fsp3) is 0.714. The molecule has 4 heteroatoms. The molecule has 0 saturated heterocycles. The number of nitrogens with two attached hydrogens (primary N) is 1. The molecule has 2 N–H and O–H groups in total. The summed E-state index contributed by atoms with van der Waals surface area (Å²) in [6.45, 7) is 3.44. The topological polar surface area (TPSA) is 69.4 Å². The second-order valence-electron chi connectivity index (χ2n) is 6.02. The molecule has 0 aromatic rings. The van der Waals surface area contributed by atoms with Crippen LogP contribution < -0.4 is 5.73 Å². The molecule has 4 nitrogen and oxygen atoms in total. The fourth-order valence-corrected chi connectivity index (χ4v) is 4.67. The summed E-state index contributed by atoms with van der Waals surface area (Å²) in [7, 11) is 0. The van der Waals surface area contributed by atoms with Crippen molar-refractivity contribution in [2.24, 2.45) is 35.3 Å². The van der Waals surface area contributed by atoms with Gasteiger partial charge in [-0.05, 0) is 49.4 Å². The molecule has 0 aromatic carbocycles. The van der Waals surface area contributed by atoms with E-state index in [0.717, 1.165) is 25.7 Å². The number of esters is 1. The van der Waals surface area contributed by atoms with Crippen LogP contribution in [0.25, 0.3) is 0 Å². The van der Waals surface area contributed by atoms with Crippen LogP contribution in [0.15, 0.2) is 12.7 Å². The summed E-state index contributed by atoms with van der Waals surface area (Å²) in [5, 5.41) is 0. The monoisotopic (exact) mass is 249 g/mol. The molecule has 4 fully saturated rings.